The SMILES string of the molecule is COc1ccc(-c2noc(CSCC(=O)Nc3ncccc3C)n2)cc1. The molecule has 0 saturated heterocycles. The summed E-state index contributed by atoms with van der Waals surface area (Å²) >= 11 is 1.40. The molecular formula is C18H18N4O3S. The van der Waals surface area contributed by atoms with E-state index in [0.29, 0.717) is 23.3 Å². The van der Waals surface area contributed by atoms with Crippen LogP contribution in [0, 0.1) is 6.92 Å². The third-order valence-electron chi connectivity index (χ3n) is 3.54. The lowest BCUT2D eigenvalue weighted by Crippen LogP contribution is -2.15. The monoisotopic (exact) mass is 370 g/mol. The Bertz CT molecular complexity index is 880. The Hall–Kier alpha value is -2.87. The molecule has 0 radical (unpaired) electrons. The molecule has 2 aromatic heterocycles. The summed E-state index contributed by atoms with van der Waals surface area (Å²) in [6.07, 6.45) is 1.65. The molecule has 1 amide bonds. The molecule has 0 aliphatic heterocycles. The van der Waals surface area contributed by atoms with E-state index in [2.05, 4.69) is 20.4 Å². The first kappa shape index (κ1) is 17.9. The minimum Gasteiger partial charge on any atom is -0.497 e. The van der Waals surface area contributed by atoms with Crippen molar-refractivity contribution in [2.75, 3.05) is 18.2 Å². The summed E-state index contributed by atoms with van der Waals surface area (Å²) in [4.78, 5) is 20.5. The van der Waals surface area contributed by atoms with Crippen LogP contribution in [0.25, 0.3) is 11.4 Å². The van der Waals surface area contributed by atoms with Gasteiger partial charge in [-0.05, 0) is 42.8 Å². The zero-order valence-corrected chi connectivity index (χ0v) is 15.2. The number of hydrogen-bond acceptors (Lipinski definition) is 7. The van der Waals surface area contributed by atoms with E-state index in [-0.39, 0.29) is 11.7 Å². The molecule has 26 heavy (non-hydrogen) atoms. The number of ether oxygens (including phenoxy) is 1. The zero-order chi connectivity index (χ0) is 18.4. The molecule has 8 heteroatoms. The van der Waals surface area contributed by atoms with Gasteiger partial charge in [0.15, 0.2) is 0 Å². The Balaban J connectivity index is 1.50. The van der Waals surface area contributed by atoms with Gasteiger partial charge in [-0.25, -0.2) is 4.98 Å². The molecule has 1 N–H and O–H groups in total. The Kier molecular flexibility index (Phi) is 5.85. The number of benzene rings is 1. The van der Waals surface area contributed by atoms with Crippen LogP contribution in [-0.4, -0.2) is 33.9 Å². The second-order valence-corrected chi connectivity index (χ2v) is 6.44. The maximum atomic E-state index is 12.0. The van der Waals surface area contributed by atoms with Gasteiger partial charge in [-0.2, -0.15) is 4.98 Å². The van der Waals surface area contributed by atoms with Gasteiger partial charge < -0.3 is 14.6 Å². The quantitative estimate of drug-likeness (QED) is 0.682. The summed E-state index contributed by atoms with van der Waals surface area (Å²) in [7, 11) is 1.62. The minimum atomic E-state index is -0.119. The van der Waals surface area contributed by atoms with Crippen LogP contribution < -0.4 is 10.1 Å². The van der Waals surface area contributed by atoms with Crippen LogP contribution in [0.3, 0.4) is 0 Å². The largest absolute Gasteiger partial charge is 0.497 e. The molecule has 7 nitrogen and oxygen atoms in total. The van der Waals surface area contributed by atoms with Crippen LogP contribution in [-0.2, 0) is 10.5 Å². The van der Waals surface area contributed by atoms with Gasteiger partial charge in [0.2, 0.25) is 17.6 Å². The highest BCUT2D eigenvalue weighted by molar-refractivity contribution is 7.99. The molecule has 0 saturated carbocycles. The number of nitrogens with zero attached hydrogens (tertiary/aromatic N) is 3. The number of amides is 1. The van der Waals surface area contributed by atoms with Crippen molar-refractivity contribution in [3.8, 4) is 17.1 Å². The summed E-state index contributed by atoms with van der Waals surface area (Å²) in [5, 5.41) is 6.76. The molecule has 134 valence electrons. The van der Waals surface area contributed by atoms with Crippen molar-refractivity contribution < 1.29 is 14.1 Å². The fourth-order valence-electron chi connectivity index (χ4n) is 2.19. The molecular weight excluding hydrogens is 352 g/mol. The van der Waals surface area contributed by atoms with Gasteiger partial charge >= 0.3 is 0 Å². The number of rotatable bonds is 7. The van der Waals surface area contributed by atoms with Crippen LogP contribution in [0.5, 0.6) is 5.75 Å². The topological polar surface area (TPSA) is 90.1 Å². The van der Waals surface area contributed by atoms with Crippen LogP contribution in [0.4, 0.5) is 5.82 Å². The summed E-state index contributed by atoms with van der Waals surface area (Å²) in [6, 6.07) is 11.1. The van der Waals surface area contributed by atoms with Crippen molar-refractivity contribution in [3.63, 3.8) is 0 Å². The number of aromatic nitrogens is 3. The average molecular weight is 370 g/mol. The molecule has 0 bridgehead atoms. The Morgan fingerprint density at radius 2 is 2.08 bits per heavy atom. The lowest BCUT2D eigenvalue weighted by Gasteiger charge is -2.05. The van der Waals surface area contributed by atoms with Gasteiger partial charge in [0.05, 0.1) is 18.6 Å². The lowest BCUT2D eigenvalue weighted by atomic mass is 10.2. The summed E-state index contributed by atoms with van der Waals surface area (Å²) in [5.74, 6) is 2.94. The molecule has 0 spiro atoms. The van der Waals surface area contributed by atoms with Crippen molar-refractivity contribution in [2.45, 2.75) is 12.7 Å². The van der Waals surface area contributed by atoms with Crippen LogP contribution in [0.15, 0.2) is 47.1 Å². The number of thioether (sulfide) groups is 1. The number of hydrogen-bond donors (Lipinski definition) is 1. The number of aryl methyl sites for hydroxylation is 1. The third kappa shape index (κ3) is 4.60. The van der Waals surface area contributed by atoms with Gasteiger partial charge in [0.1, 0.15) is 11.6 Å². The van der Waals surface area contributed by atoms with E-state index in [1.807, 2.05) is 43.3 Å². The van der Waals surface area contributed by atoms with Crippen molar-refractivity contribution in [2.24, 2.45) is 0 Å². The summed E-state index contributed by atoms with van der Waals surface area (Å²) in [5.41, 5.74) is 1.76. The molecule has 3 aromatic rings. The van der Waals surface area contributed by atoms with Gasteiger partial charge in [-0.1, -0.05) is 11.2 Å². The second kappa shape index (κ2) is 8.48. The first-order chi connectivity index (χ1) is 12.7. The third-order valence-corrected chi connectivity index (χ3v) is 4.46. The van der Waals surface area contributed by atoms with Crippen LogP contribution >= 0.6 is 11.8 Å². The van der Waals surface area contributed by atoms with Gasteiger partial charge in [-0.3, -0.25) is 4.79 Å². The second-order valence-electron chi connectivity index (χ2n) is 5.45. The lowest BCUT2D eigenvalue weighted by molar-refractivity contribution is -0.113. The number of anilines is 1. The van der Waals surface area contributed by atoms with E-state index in [9.17, 15) is 4.79 Å². The molecule has 2 heterocycles. The van der Waals surface area contributed by atoms with Gasteiger partial charge in [-0.15, -0.1) is 11.8 Å². The Labute approximate surface area is 155 Å². The zero-order valence-electron chi connectivity index (χ0n) is 14.4. The van der Waals surface area contributed by atoms with Crippen molar-refractivity contribution >= 4 is 23.5 Å². The fraction of sp³-hybridized carbons (Fsp3) is 0.222. The number of pyridine rings is 1. The predicted octanol–water partition coefficient (Wildman–Crippen LogP) is 3.32. The summed E-state index contributed by atoms with van der Waals surface area (Å²) < 4.78 is 10.4. The first-order valence-corrected chi connectivity index (χ1v) is 9.07. The fourth-order valence-corrected chi connectivity index (χ4v) is 2.84. The predicted molar refractivity (Wildman–Crippen MR) is 100 cm³/mol. The maximum Gasteiger partial charge on any atom is 0.236 e. The van der Waals surface area contributed by atoms with E-state index < -0.39 is 0 Å². The molecule has 0 atom stereocenters. The normalized spacial score (nSPS) is 10.5. The minimum absolute atomic E-state index is 0.119. The van der Waals surface area contributed by atoms with E-state index in [4.69, 9.17) is 9.26 Å². The molecule has 3 rings (SSSR count). The van der Waals surface area contributed by atoms with Crippen molar-refractivity contribution in [1.29, 1.82) is 0 Å². The summed E-state index contributed by atoms with van der Waals surface area (Å²) in [6.45, 7) is 1.90. The van der Waals surface area contributed by atoms with Crippen molar-refractivity contribution in [1.82, 2.24) is 15.1 Å². The van der Waals surface area contributed by atoms with E-state index >= 15 is 0 Å². The Morgan fingerprint density at radius 1 is 1.27 bits per heavy atom. The molecule has 0 unspecified atom stereocenters. The van der Waals surface area contributed by atoms with Gasteiger partial charge in [0.25, 0.3) is 0 Å². The van der Waals surface area contributed by atoms with Crippen LogP contribution in [0.1, 0.15) is 11.5 Å². The molecule has 0 aliphatic rings. The average Bonchev–Trinajstić information content (AvgIpc) is 3.12. The molecule has 0 aliphatic carbocycles. The van der Waals surface area contributed by atoms with E-state index in [1.165, 1.54) is 11.8 Å². The first-order valence-electron chi connectivity index (χ1n) is 7.92. The van der Waals surface area contributed by atoms with E-state index in [1.54, 1.807) is 13.3 Å². The number of methoxy groups -OCH3 is 1. The van der Waals surface area contributed by atoms with Crippen molar-refractivity contribution in [3.05, 3.63) is 54.0 Å². The smallest absolute Gasteiger partial charge is 0.236 e. The highest BCUT2D eigenvalue weighted by atomic mass is 32.2. The van der Waals surface area contributed by atoms with Crippen LogP contribution in [0.2, 0.25) is 0 Å². The molecule has 0 fully saturated rings. The number of carbonyl (C=O) groups excluding carboxylic acids is 1. The molecule has 1 aromatic carbocycles. The maximum absolute atomic E-state index is 12.0. The standard InChI is InChI=1S/C18H18N4O3S/c1-12-4-3-9-19-17(12)20-15(23)10-26-11-16-21-18(22-25-16)13-5-7-14(24-2)8-6-13/h3-9H,10-11H2,1-2H3,(H,19,20,23). The number of carbonyl (C=O) groups is 1. The van der Waals surface area contributed by atoms with E-state index in [0.717, 1.165) is 16.9 Å². The number of nitrogens with one attached hydrogen (secondary N) is 1. The Morgan fingerprint density at radius 3 is 2.81 bits per heavy atom. The highest BCUT2D eigenvalue weighted by Gasteiger charge is 2.11. The van der Waals surface area contributed by atoms with Gasteiger partial charge in [0, 0.05) is 11.8 Å². The highest BCUT2D eigenvalue weighted by Crippen LogP contribution is 2.21.